The number of likely N-dealkylation sites (tertiary alicyclic amines) is 1. The van der Waals surface area contributed by atoms with E-state index in [0.29, 0.717) is 11.7 Å². The number of hydrogen-bond acceptors (Lipinski definition) is 3. The number of phenolic OH excluding ortho intramolecular Hbond substituents is 1. The largest absolute Gasteiger partial charge is 0.508 e. The minimum Gasteiger partial charge on any atom is -0.508 e. The number of phenols is 1. The van der Waals surface area contributed by atoms with E-state index in [-0.39, 0.29) is 17.4 Å². The van der Waals surface area contributed by atoms with Crippen LogP contribution >= 0.6 is 0 Å². The topological polar surface area (TPSA) is 43.8 Å². The van der Waals surface area contributed by atoms with Crippen molar-refractivity contribution < 1.29 is 9.90 Å². The lowest BCUT2D eigenvalue weighted by atomic mass is 9.58. The van der Waals surface area contributed by atoms with Crippen LogP contribution in [0.4, 0.5) is 0 Å². The molecule has 1 N–H and O–H groups in total. The highest BCUT2D eigenvalue weighted by Crippen LogP contribution is 2.50. The van der Waals surface area contributed by atoms with Gasteiger partial charge in [-0.25, -0.2) is 0 Å². The van der Waals surface area contributed by atoms with Crippen LogP contribution < -0.4 is 0 Å². The monoisotopic (exact) mass is 378 g/mol. The third-order valence-corrected chi connectivity index (χ3v) is 7.01. The fraction of sp³-hybridized carbons (Fsp3) is 0.458. The number of amides is 1. The zero-order chi connectivity index (χ0) is 19.7. The van der Waals surface area contributed by atoms with Gasteiger partial charge in [-0.05, 0) is 75.0 Å². The molecule has 2 aromatic rings. The number of aromatic hydroxyl groups is 1. The Bertz CT molecular complexity index is 838. The molecule has 1 saturated carbocycles. The molecule has 2 aliphatic rings. The molecule has 1 heterocycles. The summed E-state index contributed by atoms with van der Waals surface area (Å²) in [5, 5.41) is 10.1. The van der Waals surface area contributed by atoms with Crippen molar-refractivity contribution >= 4 is 5.91 Å². The first-order valence-electron chi connectivity index (χ1n) is 10.3. The molecule has 0 radical (unpaired) electrons. The average Bonchev–Trinajstić information content (AvgIpc) is 2.73. The molecule has 4 rings (SSSR count). The van der Waals surface area contributed by atoms with Gasteiger partial charge >= 0.3 is 0 Å². The van der Waals surface area contributed by atoms with E-state index in [1.807, 2.05) is 54.4 Å². The van der Waals surface area contributed by atoms with Crippen molar-refractivity contribution in [3.05, 3.63) is 65.7 Å². The van der Waals surface area contributed by atoms with Crippen LogP contribution in [0, 0.1) is 5.92 Å². The molecule has 0 bridgehead atoms. The molecule has 1 saturated heterocycles. The van der Waals surface area contributed by atoms with Crippen LogP contribution in [0.25, 0.3) is 0 Å². The zero-order valence-corrected chi connectivity index (χ0v) is 16.8. The van der Waals surface area contributed by atoms with Gasteiger partial charge in [-0.3, -0.25) is 4.79 Å². The van der Waals surface area contributed by atoms with E-state index in [1.54, 1.807) is 6.07 Å². The van der Waals surface area contributed by atoms with Crippen molar-refractivity contribution in [3.63, 3.8) is 0 Å². The van der Waals surface area contributed by atoms with Crippen molar-refractivity contribution in [2.75, 3.05) is 27.2 Å². The predicted octanol–water partition coefficient (Wildman–Crippen LogP) is 3.91. The lowest BCUT2D eigenvalue weighted by molar-refractivity contribution is 0.0259. The number of hydrogen-bond donors (Lipinski definition) is 1. The van der Waals surface area contributed by atoms with Gasteiger partial charge in [-0.15, -0.1) is 0 Å². The molecular weight excluding hydrogens is 348 g/mol. The number of piperidine rings is 1. The summed E-state index contributed by atoms with van der Waals surface area (Å²) in [7, 11) is 4.15. The molecule has 3 atom stereocenters. The van der Waals surface area contributed by atoms with E-state index in [0.717, 1.165) is 44.3 Å². The van der Waals surface area contributed by atoms with Gasteiger partial charge in [0, 0.05) is 30.6 Å². The van der Waals surface area contributed by atoms with E-state index >= 15 is 0 Å². The standard InChI is InChI=1S/C24H30N2O2/c1-25-14-13-24(19-9-6-10-22(27)15-19)16-21(12-11-20(24)17-25)26(2)23(28)18-7-4-3-5-8-18/h3-10,15,20-21,27H,11-14,16-17H2,1-2H3/t20?,21-,24?/m1/s1. The first-order chi connectivity index (χ1) is 13.5. The smallest absolute Gasteiger partial charge is 0.253 e. The second-order valence-corrected chi connectivity index (χ2v) is 8.63. The molecule has 1 aliphatic carbocycles. The predicted molar refractivity (Wildman–Crippen MR) is 112 cm³/mol. The molecule has 2 unspecified atom stereocenters. The number of fused-ring (bicyclic) bond motifs is 1. The van der Waals surface area contributed by atoms with Crippen molar-refractivity contribution in [2.24, 2.45) is 5.92 Å². The van der Waals surface area contributed by atoms with Gasteiger partial charge in [0.05, 0.1) is 0 Å². The van der Waals surface area contributed by atoms with Gasteiger partial charge in [0.1, 0.15) is 5.75 Å². The lowest BCUT2D eigenvalue weighted by Gasteiger charge is -2.53. The fourth-order valence-electron chi connectivity index (χ4n) is 5.38. The molecule has 4 nitrogen and oxygen atoms in total. The SMILES string of the molecule is CN1CCC2(c3cccc(O)c3)C[C@H](N(C)C(=O)c3ccccc3)CCC2C1. The second kappa shape index (κ2) is 7.59. The van der Waals surface area contributed by atoms with Crippen LogP contribution in [0.5, 0.6) is 5.75 Å². The van der Waals surface area contributed by atoms with Crippen molar-refractivity contribution in [2.45, 2.75) is 37.1 Å². The van der Waals surface area contributed by atoms with Gasteiger partial charge in [0.25, 0.3) is 5.91 Å². The molecular formula is C24H30N2O2. The maximum atomic E-state index is 13.0. The number of rotatable bonds is 3. The molecule has 28 heavy (non-hydrogen) atoms. The van der Waals surface area contributed by atoms with Gasteiger partial charge < -0.3 is 14.9 Å². The highest BCUT2D eigenvalue weighted by Gasteiger charge is 2.48. The summed E-state index contributed by atoms with van der Waals surface area (Å²) in [6, 6.07) is 17.6. The molecule has 0 aromatic heterocycles. The molecule has 2 aromatic carbocycles. The maximum Gasteiger partial charge on any atom is 0.253 e. The number of carbonyl (C=O) groups is 1. The summed E-state index contributed by atoms with van der Waals surface area (Å²) in [6.45, 7) is 2.13. The lowest BCUT2D eigenvalue weighted by Crippen LogP contribution is -2.55. The fourth-order valence-corrected chi connectivity index (χ4v) is 5.38. The van der Waals surface area contributed by atoms with Crippen molar-refractivity contribution in [1.82, 2.24) is 9.80 Å². The van der Waals surface area contributed by atoms with Gasteiger partial charge in [0.15, 0.2) is 0 Å². The minimum absolute atomic E-state index is 0.0272. The Labute approximate surface area is 167 Å². The van der Waals surface area contributed by atoms with Gasteiger partial charge in [0.2, 0.25) is 0 Å². The van der Waals surface area contributed by atoms with E-state index < -0.39 is 0 Å². The Kier molecular flexibility index (Phi) is 5.15. The molecule has 2 fully saturated rings. The summed E-state index contributed by atoms with van der Waals surface area (Å²) in [6.07, 6.45) is 4.18. The summed E-state index contributed by atoms with van der Waals surface area (Å²) in [4.78, 5) is 17.4. The molecule has 148 valence electrons. The zero-order valence-electron chi connectivity index (χ0n) is 16.8. The molecule has 0 spiro atoms. The summed E-state index contributed by atoms with van der Waals surface area (Å²) < 4.78 is 0. The third-order valence-electron chi connectivity index (χ3n) is 7.01. The summed E-state index contributed by atoms with van der Waals surface area (Å²) in [5.74, 6) is 0.993. The molecule has 1 aliphatic heterocycles. The third kappa shape index (κ3) is 3.42. The van der Waals surface area contributed by atoms with Gasteiger partial charge in [-0.1, -0.05) is 30.3 Å². The Morgan fingerprint density at radius 3 is 2.68 bits per heavy atom. The Morgan fingerprint density at radius 2 is 1.93 bits per heavy atom. The number of benzene rings is 2. The molecule has 4 heteroatoms. The minimum atomic E-state index is 0.0272. The number of nitrogens with zero attached hydrogens (tertiary/aromatic N) is 2. The van der Waals surface area contributed by atoms with E-state index in [1.165, 1.54) is 5.56 Å². The highest BCUT2D eigenvalue weighted by molar-refractivity contribution is 5.94. The van der Waals surface area contributed by atoms with Crippen molar-refractivity contribution in [1.29, 1.82) is 0 Å². The van der Waals surface area contributed by atoms with Crippen LogP contribution in [0.15, 0.2) is 54.6 Å². The van der Waals surface area contributed by atoms with Crippen LogP contribution in [0.1, 0.15) is 41.6 Å². The summed E-state index contributed by atoms with van der Waals surface area (Å²) in [5.41, 5.74) is 2.01. The van der Waals surface area contributed by atoms with E-state index in [2.05, 4.69) is 18.0 Å². The first kappa shape index (κ1) is 19.0. The first-order valence-corrected chi connectivity index (χ1v) is 10.3. The van der Waals surface area contributed by atoms with Crippen LogP contribution in [0.2, 0.25) is 0 Å². The van der Waals surface area contributed by atoms with Crippen molar-refractivity contribution in [3.8, 4) is 5.75 Å². The van der Waals surface area contributed by atoms with Gasteiger partial charge in [-0.2, -0.15) is 0 Å². The van der Waals surface area contributed by atoms with Crippen LogP contribution in [-0.4, -0.2) is 54.0 Å². The Morgan fingerprint density at radius 1 is 1.14 bits per heavy atom. The van der Waals surface area contributed by atoms with Crippen LogP contribution in [-0.2, 0) is 5.41 Å². The Hall–Kier alpha value is -2.33. The normalized spacial score (nSPS) is 27.8. The van der Waals surface area contributed by atoms with E-state index in [9.17, 15) is 9.90 Å². The number of carbonyl (C=O) groups excluding carboxylic acids is 1. The Balaban J connectivity index is 1.64. The second-order valence-electron chi connectivity index (χ2n) is 8.63. The summed E-state index contributed by atoms with van der Waals surface area (Å²) >= 11 is 0. The maximum absolute atomic E-state index is 13.0. The van der Waals surface area contributed by atoms with Crippen LogP contribution in [0.3, 0.4) is 0 Å². The quantitative estimate of drug-likeness (QED) is 0.881. The average molecular weight is 379 g/mol. The molecule has 1 amide bonds. The van der Waals surface area contributed by atoms with E-state index in [4.69, 9.17) is 0 Å². The highest BCUT2D eigenvalue weighted by atomic mass is 16.3.